The number of piperidine rings is 1. The summed E-state index contributed by atoms with van der Waals surface area (Å²) in [7, 11) is 0. The summed E-state index contributed by atoms with van der Waals surface area (Å²) < 4.78 is 0. The number of hydrogen-bond donors (Lipinski definition) is 0. The summed E-state index contributed by atoms with van der Waals surface area (Å²) in [5.74, 6) is 1.10. The van der Waals surface area contributed by atoms with Crippen LogP contribution >= 0.6 is 0 Å². The van der Waals surface area contributed by atoms with Crippen molar-refractivity contribution in [2.45, 2.75) is 84.5 Å². The maximum absolute atomic E-state index is 13.7. The fourth-order valence-corrected chi connectivity index (χ4v) is 5.37. The zero-order chi connectivity index (χ0) is 25.7. The topological polar surface area (TPSA) is 68.8 Å². The molecule has 0 radical (unpaired) electrons. The summed E-state index contributed by atoms with van der Waals surface area (Å²) in [6.07, 6.45) is 7.56. The van der Waals surface area contributed by atoms with Crippen LogP contribution < -0.4 is 0 Å². The Morgan fingerprint density at radius 3 is 2.28 bits per heavy atom. The van der Waals surface area contributed by atoms with Crippen LogP contribution in [0.2, 0.25) is 0 Å². The highest BCUT2D eigenvalue weighted by Gasteiger charge is 2.28. The zero-order valence-corrected chi connectivity index (χ0v) is 22.2. The number of aryl methyl sites for hydroxylation is 1. The average Bonchev–Trinajstić information content (AvgIpc) is 2.86. The summed E-state index contributed by atoms with van der Waals surface area (Å²) in [6, 6.07) is 14.4. The van der Waals surface area contributed by atoms with E-state index in [1.165, 1.54) is 30.4 Å². The number of hydrogen-bond acceptors (Lipinski definition) is 4. The van der Waals surface area contributed by atoms with Gasteiger partial charge in [0, 0.05) is 29.9 Å². The van der Waals surface area contributed by atoms with Crippen molar-refractivity contribution in [3.63, 3.8) is 0 Å². The quantitative estimate of drug-likeness (QED) is 0.311. The molecule has 0 N–H and O–H groups in total. The van der Waals surface area contributed by atoms with Gasteiger partial charge in [-0.3, -0.25) is 4.79 Å². The SMILES string of the molecule is CCC/C(C)=N/N=C(\C)c1cc(C(=O)N2CCC(c3ccc(C#N)cc3)CC2)c(C)cc1C1CCC1. The normalized spacial score (nSPS) is 17.6. The van der Waals surface area contributed by atoms with Gasteiger partial charge in [0.25, 0.3) is 5.91 Å². The van der Waals surface area contributed by atoms with Gasteiger partial charge in [0.05, 0.1) is 17.3 Å². The van der Waals surface area contributed by atoms with Crippen molar-refractivity contribution in [3.05, 3.63) is 69.8 Å². The molecule has 0 bridgehead atoms. The van der Waals surface area contributed by atoms with Gasteiger partial charge in [0.15, 0.2) is 0 Å². The molecule has 0 aromatic heterocycles. The second-order valence-electron chi connectivity index (χ2n) is 10.5. The van der Waals surface area contributed by atoms with E-state index in [2.05, 4.69) is 54.4 Å². The number of carbonyl (C=O) groups excluding carboxylic acids is 1. The molecule has 1 aliphatic heterocycles. The van der Waals surface area contributed by atoms with Crippen molar-refractivity contribution >= 4 is 17.3 Å². The summed E-state index contributed by atoms with van der Waals surface area (Å²) in [5.41, 5.74) is 8.11. The van der Waals surface area contributed by atoms with Crippen molar-refractivity contribution in [1.29, 1.82) is 5.26 Å². The van der Waals surface area contributed by atoms with Crippen molar-refractivity contribution in [2.75, 3.05) is 13.1 Å². The fraction of sp³-hybridized carbons (Fsp3) is 0.484. The van der Waals surface area contributed by atoms with Crippen LogP contribution in [0, 0.1) is 18.3 Å². The molecule has 0 spiro atoms. The van der Waals surface area contributed by atoms with E-state index in [0.717, 1.165) is 66.9 Å². The van der Waals surface area contributed by atoms with Crippen molar-refractivity contribution in [2.24, 2.45) is 10.2 Å². The number of likely N-dealkylation sites (tertiary alicyclic amines) is 1. The molecule has 1 aliphatic carbocycles. The standard InChI is InChI=1S/C31H38N4O/c1-5-7-22(3)33-34-23(4)29-19-28(21(2)18-30(29)27-8-6-9-27)31(36)35-16-14-26(15-17-35)25-12-10-24(20-32)11-13-25/h10-13,18-19,26-27H,5-9,14-17H2,1-4H3/b33-22+,34-23+. The molecule has 1 heterocycles. The average molecular weight is 483 g/mol. The second kappa shape index (κ2) is 11.6. The highest BCUT2D eigenvalue weighted by molar-refractivity contribution is 6.04. The number of rotatable bonds is 7. The highest BCUT2D eigenvalue weighted by atomic mass is 16.2. The molecular weight excluding hydrogens is 444 g/mol. The van der Waals surface area contributed by atoms with E-state index >= 15 is 0 Å². The molecule has 2 aliphatic rings. The monoisotopic (exact) mass is 482 g/mol. The van der Waals surface area contributed by atoms with Crippen LogP contribution in [0.3, 0.4) is 0 Å². The van der Waals surface area contributed by atoms with E-state index in [9.17, 15) is 4.79 Å². The maximum Gasteiger partial charge on any atom is 0.254 e. The first-order chi connectivity index (χ1) is 17.4. The molecule has 188 valence electrons. The Hall–Kier alpha value is -3.26. The Bertz CT molecular complexity index is 1190. The summed E-state index contributed by atoms with van der Waals surface area (Å²) >= 11 is 0. The molecule has 5 nitrogen and oxygen atoms in total. The van der Waals surface area contributed by atoms with Crippen LogP contribution in [-0.2, 0) is 0 Å². The van der Waals surface area contributed by atoms with Crippen LogP contribution in [0.15, 0.2) is 46.6 Å². The lowest BCUT2D eigenvalue weighted by atomic mass is 9.76. The van der Waals surface area contributed by atoms with E-state index in [1.807, 2.05) is 30.9 Å². The van der Waals surface area contributed by atoms with Crippen LogP contribution in [0.25, 0.3) is 0 Å². The molecule has 2 aromatic rings. The Morgan fingerprint density at radius 1 is 1.00 bits per heavy atom. The first-order valence-electron chi connectivity index (χ1n) is 13.4. The van der Waals surface area contributed by atoms with Gasteiger partial charge in [-0.15, -0.1) is 0 Å². The summed E-state index contributed by atoms with van der Waals surface area (Å²) in [4.78, 5) is 15.7. The highest BCUT2D eigenvalue weighted by Crippen LogP contribution is 2.39. The third kappa shape index (κ3) is 5.75. The lowest BCUT2D eigenvalue weighted by molar-refractivity contribution is 0.0712. The predicted molar refractivity (Wildman–Crippen MR) is 147 cm³/mol. The molecule has 5 heteroatoms. The summed E-state index contributed by atoms with van der Waals surface area (Å²) in [5, 5.41) is 18.1. The van der Waals surface area contributed by atoms with E-state index in [1.54, 1.807) is 0 Å². The molecule has 2 fully saturated rings. The number of carbonyl (C=O) groups is 1. The Balaban J connectivity index is 1.54. The Morgan fingerprint density at radius 2 is 1.69 bits per heavy atom. The minimum atomic E-state index is 0.116. The van der Waals surface area contributed by atoms with E-state index < -0.39 is 0 Å². The first kappa shape index (κ1) is 25.8. The van der Waals surface area contributed by atoms with Gasteiger partial charge in [-0.25, -0.2) is 0 Å². The van der Waals surface area contributed by atoms with Crippen molar-refractivity contribution in [3.8, 4) is 6.07 Å². The minimum absolute atomic E-state index is 0.116. The van der Waals surface area contributed by atoms with Crippen LogP contribution in [0.1, 0.15) is 116 Å². The predicted octanol–water partition coefficient (Wildman–Crippen LogP) is 7.14. The number of amides is 1. The smallest absolute Gasteiger partial charge is 0.254 e. The zero-order valence-electron chi connectivity index (χ0n) is 22.2. The van der Waals surface area contributed by atoms with Crippen molar-refractivity contribution in [1.82, 2.24) is 4.90 Å². The van der Waals surface area contributed by atoms with Gasteiger partial charge in [-0.2, -0.15) is 15.5 Å². The van der Waals surface area contributed by atoms with E-state index in [0.29, 0.717) is 17.4 Å². The van der Waals surface area contributed by atoms with Crippen molar-refractivity contribution < 1.29 is 4.79 Å². The van der Waals surface area contributed by atoms with Gasteiger partial charge in [-0.1, -0.05) is 38.0 Å². The largest absolute Gasteiger partial charge is 0.339 e. The molecule has 4 rings (SSSR count). The van der Waals surface area contributed by atoms with Crippen LogP contribution in [0.4, 0.5) is 0 Å². The Kier molecular flexibility index (Phi) is 8.36. The molecule has 36 heavy (non-hydrogen) atoms. The molecule has 0 atom stereocenters. The van der Waals surface area contributed by atoms with Crippen LogP contribution in [-0.4, -0.2) is 35.3 Å². The number of nitrogens with zero attached hydrogens (tertiary/aromatic N) is 4. The van der Waals surface area contributed by atoms with Gasteiger partial charge in [0.1, 0.15) is 0 Å². The molecule has 1 saturated heterocycles. The first-order valence-corrected chi connectivity index (χ1v) is 13.4. The van der Waals surface area contributed by atoms with Gasteiger partial charge >= 0.3 is 0 Å². The third-order valence-corrected chi connectivity index (χ3v) is 7.84. The fourth-order valence-electron chi connectivity index (χ4n) is 5.37. The molecule has 0 unspecified atom stereocenters. The second-order valence-corrected chi connectivity index (χ2v) is 10.5. The van der Waals surface area contributed by atoms with Gasteiger partial charge in [0.2, 0.25) is 0 Å². The number of benzene rings is 2. The van der Waals surface area contributed by atoms with Gasteiger partial charge < -0.3 is 4.90 Å². The third-order valence-electron chi connectivity index (χ3n) is 7.84. The maximum atomic E-state index is 13.7. The van der Waals surface area contributed by atoms with E-state index in [4.69, 9.17) is 5.26 Å². The summed E-state index contributed by atoms with van der Waals surface area (Å²) in [6.45, 7) is 9.76. The minimum Gasteiger partial charge on any atom is -0.339 e. The lowest BCUT2D eigenvalue weighted by Crippen LogP contribution is -2.38. The van der Waals surface area contributed by atoms with Crippen LogP contribution in [0.5, 0.6) is 0 Å². The molecule has 2 aromatic carbocycles. The molecular formula is C31H38N4O. The number of nitriles is 1. The Labute approximate surface area is 215 Å². The van der Waals surface area contributed by atoms with Gasteiger partial charge in [-0.05, 0) is 99.6 Å². The molecule has 1 saturated carbocycles. The van der Waals surface area contributed by atoms with E-state index in [-0.39, 0.29) is 5.91 Å². The molecule has 1 amide bonds. The lowest BCUT2D eigenvalue weighted by Gasteiger charge is -2.33.